The van der Waals surface area contributed by atoms with Crippen LogP contribution in [-0.2, 0) is 0 Å². The number of nitrogens with zero attached hydrogens (tertiary/aromatic N) is 3. The van der Waals surface area contributed by atoms with E-state index >= 15 is 0 Å². The molecule has 3 nitrogen and oxygen atoms in total. The number of rotatable bonds is 1. The van der Waals surface area contributed by atoms with Crippen LogP contribution in [-0.4, -0.2) is 15.0 Å². The van der Waals surface area contributed by atoms with Gasteiger partial charge in [0.15, 0.2) is 5.82 Å². The third-order valence-corrected chi connectivity index (χ3v) is 2.18. The Morgan fingerprint density at radius 1 is 1.00 bits per heavy atom. The molecule has 6 heteroatoms. The Morgan fingerprint density at radius 2 is 1.53 bits per heavy atom. The summed E-state index contributed by atoms with van der Waals surface area (Å²) < 4.78 is 27.2. The Hall–Kier alpha value is -1.43. The molecule has 0 aliphatic heterocycles. The zero-order chi connectivity index (χ0) is 10.8. The van der Waals surface area contributed by atoms with E-state index < -0.39 is 11.6 Å². The summed E-state index contributed by atoms with van der Waals surface area (Å²) in [6.07, 6.45) is 2.37. The van der Waals surface area contributed by atoms with E-state index in [2.05, 4.69) is 30.9 Å². The van der Waals surface area contributed by atoms with Crippen LogP contribution in [0.1, 0.15) is 0 Å². The first-order valence-corrected chi connectivity index (χ1v) is 4.74. The van der Waals surface area contributed by atoms with Gasteiger partial charge in [0, 0.05) is 4.47 Å². The maximum atomic E-state index is 13.4. The molecule has 1 heterocycles. The lowest BCUT2D eigenvalue weighted by molar-refractivity contribution is 0.586. The van der Waals surface area contributed by atoms with Crippen molar-refractivity contribution in [3.63, 3.8) is 0 Å². The summed E-state index contributed by atoms with van der Waals surface area (Å²) >= 11 is 2.99. The van der Waals surface area contributed by atoms with Crippen molar-refractivity contribution in [2.75, 3.05) is 0 Å². The molecule has 0 N–H and O–H groups in total. The zero-order valence-electron chi connectivity index (χ0n) is 7.28. The molecule has 0 aliphatic carbocycles. The second-order valence-corrected chi connectivity index (χ2v) is 3.62. The normalized spacial score (nSPS) is 10.3. The standard InChI is InChI=1S/C9H4BrF2N3/c10-5-1-6(11)8(7(12)2-5)9-14-3-13-4-15-9/h1-4H. The molecule has 0 saturated heterocycles. The number of aromatic nitrogens is 3. The summed E-state index contributed by atoms with van der Waals surface area (Å²) in [5, 5.41) is 0. The van der Waals surface area contributed by atoms with E-state index in [0.29, 0.717) is 4.47 Å². The van der Waals surface area contributed by atoms with Crippen LogP contribution in [0, 0.1) is 11.6 Å². The van der Waals surface area contributed by atoms with Crippen LogP contribution in [0.25, 0.3) is 11.4 Å². The highest BCUT2D eigenvalue weighted by Gasteiger charge is 2.14. The van der Waals surface area contributed by atoms with Gasteiger partial charge in [0.25, 0.3) is 0 Å². The summed E-state index contributed by atoms with van der Waals surface area (Å²) in [7, 11) is 0. The van der Waals surface area contributed by atoms with Gasteiger partial charge in [0.1, 0.15) is 24.3 Å². The molecule has 0 saturated carbocycles. The van der Waals surface area contributed by atoms with Gasteiger partial charge in [-0.25, -0.2) is 23.7 Å². The second-order valence-electron chi connectivity index (χ2n) is 2.71. The minimum atomic E-state index is -0.715. The summed E-state index contributed by atoms with van der Waals surface area (Å²) in [6.45, 7) is 0. The van der Waals surface area contributed by atoms with Crippen LogP contribution in [0.2, 0.25) is 0 Å². The molecule has 0 spiro atoms. The van der Waals surface area contributed by atoms with Gasteiger partial charge >= 0.3 is 0 Å². The monoisotopic (exact) mass is 271 g/mol. The average Bonchev–Trinajstić information content (AvgIpc) is 2.17. The predicted molar refractivity (Wildman–Crippen MR) is 52.9 cm³/mol. The smallest absolute Gasteiger partial charge is 0.168 e. The number of halogens is 3. The van der Waals surface area contributed by atoms with Crippen molar-refractivity contribution in [1.29, 1.82) is 0 Å². The van der Waals surface area contributed by atoms with Gasteiger partial charge in [-0.3, -0.25) is 0 Å². The first kappa shape index (κ1) is 10.1. The first-order chi connectivity index (χ1) is 7.18. The molecule has 76 valence electrons. The van der Waals surface area contributed by atoms with Crippen molar-refractivity contribution >= 4 is 15.9 Å². The summed E-state index contributed by atoms with van der Waals surface area (Å²) in [6, 6.07) is 2.31. The summed E-state index contributed by atoms with van der Waals surface area (Å²) in [5.41, 5.74) is -0.249. The Balaban J connectivity index is 2.64. The van der Waals surface area contributed by atoms with Gasteiger partial charge in [0.2, 0.25) is 0 Å². The molecule has 2 rings (SSSR count). The van der Waals surface area contributed by atoms with Crippen molar-refractivity contribution in [2.45, 2.75) is 0 Å². The molecular weight excluding hydrogens is 268 g/mol. The highest BCUT2D eigenvalue weighted by molar-refractivity contribution is 9.10. The van der Waals surface area contributed by atoms with Crippen LogP contribution in [0.15, 0.2) is 29.3 Å². The Kier molecular flexibility index (Phi) is 2.68. The lowest BCUT2D eigenvalue weighted by Crippen LogP contribution is -1.96. The van der Waals surface area contributed by atoms with E-state index in [1.165, 1.54) is 12.7 Å². The van der Waals surface area contributed by atoms with Crippen LogP contribution in [0.3, 0.4) is 0 Å². The van der Waals surface area contributed by atoms with Crippen molar-refractivity contribution in [3.05, 3.63) is 40.9 Å². The average molecular weight is 272 g/mol. The maximum absolute atomic E-state index is 13.4. The highest BCUT2D eigenvalue weighted by Crippen LogP contribution is 2.25. The minimum Gasteiger partial charge on any atom is -0.225 e. The Morgan fingerprint density at radius 3 is 2.07 bits per heavy atom. The quantitative estimate of drug-likeness (QED) is 0.800. The number of hydrogen-bond acceptors (Lipinski definition) is 3. The lowest BCUT2D eigenvalue weighted by Gasteiger charge is -2.03. The van der Waals surface area contributed by atoms with Crippen LogP contribution in [0.5, 0.6) is 0 Å². The third-order valence-electron chi connectivity index (χ3n) is 1.72. The largest absolute Gasteiger partial charge is 0.225 e. The van der Waals surface area contributed by atoms with Crippen LogP contribution < -0.4 is 0 Å². The summed E-state index contributed by atoms with van der Waals surface area (Å²) in [5.74, 6) is -1.45. The van der Waals surface area contributed by atoms with Gasteiger partial charge in [-0.15, -0.1) is 0 Å². The molecule has 1 aromatic carbocycles. The Bertz CT molecular complexity index is 467. The topological polar surface area (TPSA) is 38.7 Å². The van der Waals surface area contributed by atoms with E-state index in [9.17, 15) is 8.78 Å². The minimum absolute atomic E-state index is 0.0208. The molecule has 0 bridgehead atoms. The molecule has 0 radical (unpaired) electrons. The number of hydrogen-bond donors (Lipinski definition) is 0. The van der Waals surface area contributed by atoms with Gasteiger partial charge in [-0.2, -0.15) is 0 Å². The molecular formula is C9H4BrF2N3. The third kappa shape index (κ3) is 1.99. The van der Waals surface area contributed by atoms with Crippen LogP contribution in [0.4, 0.5) is 8.78 Å². The van der Waals surface area contributed by atoms with E-state index in [-0.39, 0.29) is 11.4 Å². The Labute approximate surface area is 92.3 Å². The van der Waals surface area contributed by atoms with Crippen molar-refractivity contribution in [2.24, 2.45) is 0 Å². The van der Waals surface area contributed by atoms with Gasteiger partial charge in [-0.1, -0.05) is 15.9 Å². The molecule has 15 heavy (non-hydrogen) atoms. The molecule has 0 aliphatic rings. The predicted octanol–water partition coefficient (Wildman–Crippen LogP) is 2.58. The summed E-state index contributed by atoms with van der Waals surface area (Å²) in [4.78, 5) is 10.9. The molecule has 0 atom stereocenters. The van der Waals surface area contributed by atoms with Gasteiger partial charge in [0.05, 0.1) is 5.56 Å². The van der Waals surface area contributed by atoms with E-state index in [0.717, 1.165) is 12.1 Å². The van der Waals surface area contributed by atoms with E-state index in [1.807, 2.05) is 0 Å². The molecule has 0 fully saturated rings. The fraction of sp³-hybridized carbons (Fsp3) is 0. The molecule has 0 amide bonds. The first-order valence-electron chi connectivity index (χ1n) is 3.95. The van der Waals surface area contributed by atoms with E-state index in [1.54, 1.807) is 0 Å². The second kappa shape index (κ2) is 3.98. The molecule has 1 aromatic heterocycles. The molecule has 2 aromatic rings. The van der Waals surface area contributed by atoms with Gasteiger partial charge in [-0.05, 0) is 12.1 Å². The fourth-order valence-corrected chi connectivity index (χ4v) is 1.53. The fourth-order valence-electron chi connectivity index (χ4n) is 1.12. The van der Waals surface area contributed by atoms with Crippen LogP contribution >= 0.6 is 15.9 Å². The zero-order valence-corrected chi connectivity index (χ0v) is 8.87. The van der Waals surface area contributed by atoms with Gasteiger partial charge < -0.3 is 0 Å². The maximum Gasteiger partial charge on any atom is 0.168 e. The van der Waals surface area contributed by atoms with Crippen molar-refractivity contribution in [1.82, 2.24) is 15.0 Å². The van der Waals surface area contributed by atoms with Crippen molar-refractivity contribution in [3.8, 4) is 11.4 Å². The highest BCUT2D eigenvalue weighted by atomic mass is 79.9. The lowest BCUT2D eigenvalue weighted by atomic mass is 10.2. The number of benzene rings is 1. The SMILES string of the molecule is Fc1cc(Br)cc(F)c1-c1ncncn1. The van der Waals surface area contributed by atoms with Crippen molar-refractivity contribution < 1.29 is 8.78 Å². The van der Waals surface area contributed by atoms with E-state index in [4.69, 9.17) is 0 Å². The molecule has 0 unspecified atom stereocenters.